The minimum absolute atomic E-state index is 0.136. The highest BCUT2D eigenvalue weighted by Gasteiger charge is 2.59. The first-order valence-corrected chi connectivity index (χ1v) is 14.0. The van der Waals surface area contributed by atoms with Crippen LogP contribution in [0.5, 0.6) is 0 Å². The molecule has 0 radical (unpaired) electrons. The van der Waals surface area contributed by atoms with Gasteiger partial charge in [-0.25, -0.2) is 17.2 Å². The first-order valence-electron chi connectivity index (χ1n) is 12.5. The summed E-state index contributed by atoms with van der Waals surface area (Å²) < 4.78 is 59.3. The minimum atomic E-state index is -3.86. The maximum atomic E-state index is 15.6. The molecule has 2 aromatic rings. The van der Waals surface area contributed by atoms with Crippen molar-refractivity contribution in [1.29, 1.82) is 0 Å². The van der Waals surface area contributed by atoms with E-state index in [0.29, 0.717) is 18.4 Å². The number of halogens is 2. The molecule has 2 fully saturated rings. The van der Waals surface area contributed by atoms with Crippen LogP contribution in [0.1, 0.15) is 75.3 Å². The van der Waals surface area contributed by atoms with Crippen LogP contribution in [0.3, 0.4) is 0 Å². The molecule has 1 N–H and O–H groups in total. The van der Waals surface area contributed by atoms with Crippen molar-refractivity contribution >= 4 is 21.6 Å². The van der Waals surface area contributed by atoms with E-state index in [1.165, 1.54) is 25.1 Å². The van der Waals surface area contributed by atoms with Crippen molar-refractivity contribution < 1.29 is 31.9 Å². The third-order valence-corrected chi connectivity index (χ3v) is 10.4. The highest BCUT2D eigenvalue weighted by molar-refractivity contribution is 7.89. The fourth-order valence-corrected chi connectivity index (χ4v) is 8.13. The second-order valence-electron chi connectivity index (χ2n) is 11.0. The zero-order valence-corrected chi connectivity index (χ0v) is 22.3. The molecule has 1 saturated heterocycles. The van der Waals surface area contributed by atoms with E-state index >= 15 is 8.78 Å². The summed E-state index contributed by atoms with van der Waals surface area (Å²) in [6.45, 7) is 5.59. The lowest BCUT2D eigenvalue weighted by Crippen LogP contribution is -2.59. The van der Waals surface area contributed by atoms with E-state index in [-0.39, 0.29) is 30.5 Å². The summed E-state index contributed by atoms with van der Waals surface area (Å²) in [5.41, 5.74) is -2.48. The second kappa shape index (κ2) is 9.67. The lowest BCUT2D eigenvalue weighted by atomic mass is 9.53. The highest BCUT2D eigenvalue weighted by atomic mass is 32.2. The average molecular weight is 534 g/mol. The Morgan fingerprint density at radius 3 is 2.30 bits per heavy atom. The third-order valence-electron chi connectivity index (χ3n) is 8.01. The van der Waals surface area contributed by atoms with Crippen molar-refractivity contribution in [3.05, 3.63) is 70.8 Å². The van der Waals surface area contributed by atoms with E-state index in [0.717, 1.165) is 12.1 Å². The van der Waals surface area contributed by atoms with Gasteiger partial charge in [0.2, 0.25) is 10.0 Å². The Morgan fingerprint density at radius 1 is 1.11 bits per heavy atom. The fourth-order valence-electron chi connectivity index (χ4n) is 5.94. The minimum Gasteiger partial charge on any atom is -0.390 e. The summed E-state index contributed by atoms with van der Waals surface area (Å²) in [6, 6.07) is 10.3. The molecule has 0 bridgehead atoms. The molecule has 1 unspecified atom stereocenters. The standard InChI is InChI=1S/C28H33F2NO5S/c1-17-10-11-25(20-8-6-5-7-9-20)37(35,36)31(17)14-21-12-24(30)22(13-23(21)29)28(15-27(4,34)16-28)26(33)18(2)19(3)32/h5-9,12-13,17-18,25,34H,10-11,14-16H2,1-4H3/t17-,18?,25+,27-,28-/m0/s1. The maximum Gasteiger partial charge on any atom is 0.221 e. The number of benzene rings is 2. The molecule has 4 rings (SSSR count). The molecule has 1 saturated carbocycles. The van der Waals surface area contributed by atoms with Gasteiger partial charge < -0.3 is 5.11 Å². The average Bonchev–Trinajstić information content (AvgIpc) is 2.81. The zero-order chi connectivity index (χ0) is 27.3. The van der Waals surface area contributed by atoms with Crippen molar-refractivity contribution in [2.45, 2.75) is 82.2 Å². The van der Waals surface area contributed by atoms with E-state index < -0.39 is 61.4 Å². The van der Waals surface area contributed by atoms with Crippen LogP contribution >= 0.6 is 0 Å². The summed E-state index contributed by atoms with van der Waals surface area (Å²) in [5.74, 6) is -3.69. The SMILES string of the molecule is CC(=O)C(C)C(=O)[C@]1(c2cc(F)c(CN3[C@@H](C)CC[C@H](c4ccccc4)S3(=O)=O)cc2F)C[C@@](C)(O)C1. The smallest absolute Gasteiger partial charge is 0.221 e. The van der Waals surface area contributed by atoms with Crippen LogP contribution in [-0.2, 0) is 31.6 Å². The fraction of sp³-hybridized carbons (Fsp3) is 0.500. The molecule has 0 aromatic heterocycles. The van der Waals surface area contributed by atoms with E-state index in [2.05, 4.69) is 0 Å². The van der Waals surface area contributed by atoms with Crippen LogP contribution in [0, 0.1) is 17.6 Å². The van der Waals surface area contributed by atoms with Gasteiger partial charge in [0.25, 0.3) is 0 Å². The first-order chi connectivity index (χ1) is 17.2. The molecule has 200 valence electrons. The number of nitrogens with zero attached hydrogens (tertiary/aromatic N) is 1. The van der Waals surface area contributed by atoms with Gasteiger partial charge in [-0.2, -0.15) is 4.31 Å². The summed E-state index contributed by atoms with van der Waals surface area (Å²) in [4.78, 5) is 25.1. The zero-order valence-electron chi connectivity index (χ0n) is 21.5. The van der Waals surface area contributed by atoms with Crippen LogP contribution < -0.4 is 0 Å². The molecule has 1 aliphatic carbocycles. The van der Waals surface area contributed by atoms with Crippen molar-refractivity contribution in [2.24, 2.45) is 5.92 Å². The van der Waals surface area contributed by atoms with E-state index in [1.54, 1.807) is 37.3 Å². The van der Waals surface area contributed by atoms with Gasteiger partial charge in [-0.05, 0) is 71.1 Å². The maximum absolute atomic E-state index is 15.6. The van der Waals surface area contributed by atoms with Gasteiger partial charge in [-0.1, -0.05) is 30.3 Å². The quantitative estimate of drug-likeness (QED) is 0.526. The van der Waals surface area contributed by atoms with Crippen LogP contribution in [0.4, 0.5) is 8.78 Å². The van der Waals surface area contributed by atoms with Crippen molar-refractivity contribution in [3.8, 4) is 0 Å². The molecule has 6 nitrogen and oxygen atoms in total. The monoisotopic (exact) mass is 533 g/mol. The Morgan fingerprint density at radius 2 is 1.73 bits per heavy atom. The number of hydrogen-bond donors (Lipinski definition) is 1. The van der Waals surface area contributed by atoms with Crippen molar-refractivity contribution in [2.75, 3.05) is 0 Å². The number of ketones is 2. The Balaban J connectivity index is 1.69. The summed E-state index contributed by atoms with van der Waals surface area (Å²) >= 11 is 0. The van der Waals surface area contributed by atoms with Gasteiger partial charge in [0, 0.05) is 23.7 Å². The molecular formula is C28H33F2NO5S. The molecule has 37 heavy (non-hydrogen) atoms. The number of aliphatic hydroxyl groups is 1. The van der Waals surface area contributed by atoms with Gasteiger partial charge in [0.05, 0.1) is 16.9 Å². The predicted octanol–water partition coefficient (Wildman–Crippen LogP) is 4.60. The Hall–Kier alpha value is -2.49. The van der Waals surface area contributed by atoms with Gasteiger partial charge in [-0.3, -0.25) is 9.59 Å². The molecule has 9 heteroatoms. The Labute approximate surface area is 216 Å². The molecular weight excluding hydrogens is 500 g/mol. The van der Waals surface area contributed by atoms with Crippen LogP contribution in [0.2, 0.25) is 0 Å². The third kappa shape index (κ3) is 4.89. The normalized spacial score (nSPS) is 30.4. The lowest BCUT2D eigenvalue weighted by Gasteiger charge is -2.51. The van der Waals surface area contributed by atoms with Gasteiger partial charge in [-0.15, -0.1) is 0 Å². The summed E-state index contributed by atoms with van der Waals surface area (Å²) in [7, 11) is -3.86. The molecule has 0 amide bonds. The van der Waals surface area contributed by atoms with Gasteiger partial charge in [0.15, 0.2) is 5.78 Å². The number of carbonyl (C=O) groups excluding carboxylic acids is 2. The number of carbonyl (C=O) groups is 2. The number of rotatable bonds is 7. The first kappa shape index (κ1) is 27.5. The van der Waals surface area contributed by atoms with E-state index in [9.17, 15) is 23.1 Å². The predicted molar refractivity (Wildman–Crippen MR) is 135 cm³/mol. The number of sulfonamides is 1. The second-order valence-corrected chi connectivity index (χ2v) is 13.0. The van der Waals surface area contributed by atoms with Crippen LogP contribution in [0.15, 0.2) is 42.5 Å². The largest absolute Gasteiger partial charge is 0.390 e. The summed E-state index contributed by atoms with van der Waals surface area (Å²) in [6.07, 6.45) is 0.722. The Kier molecular flexibility index (Phi) is 7.20. The van der Waals surface area contributed by atoms with Crippen molar-refractivity contribution in [1.82, 2.24) is 4.31 Å². The van der Waals surface area contributed by atoms with Crippen LogP contribution in [-0.4, -0.2) is 41.0 Å². The Bertz CT molecular complexity index is 1320. The van der Waals surface area contributed by atoms with E-state index in [1.807, 2.05) is 0 Å². The molecule has 2 aromatic carbocycles. The van der Waals surface area contributed by atoms with Gasteiger partial charge in [0.1, 0.15) is 22.7 Å². The highest BCUT2D eigenvalue weighted by Crippen LogP contribution is 2.53. The van der Waals surface area contributed by atoms with E-state index in [4.69, 9.17) is 0 Å². The topological polar surface area (TPSA) is 91.8 Å². The molecule has 0 spiro atoms. The summed E-state index contributed by atoms with van der Waals surface area (Å²) in [5, 5.41) is 9.61. The number of hydrogen-bond acceptors (Lipinski definition) is 5. The molecule has 1 aliphatic heterocycles. The molecule has 3 atom stereocenters. The number of Topliss-reactive ketones (excluding diaryl/α,β-unsaturated/α-hetero) is 2. The molecule has 1 heterocycles. The van der Waals surface area contributed by atoms with Crippen molar-refractivity contribution in [3.63, 3.8) is 0 Å². The molecule has 2 aliphatic rings. The lowest BCUT2D eigenvalue weighted by molar-refractivity contribution is -0.149. The van der Waals surface area contributed by atoms with Gasteiger partial charge >= 0.3 is 0 Å². The van der Waals surface area contributed by atoms with Crippen LogP contribution in [0.25, 0.3) is 0 Å².